The first kappa shape index (κ1) is 9.69. The molecule has 1 saturated heterocycles. The summed E-state index contributed by atoms with van der Waals surface area (Å²) in [5, 5.41) is 3.47. The van der Waals surface area contributed by atoms with Crippen molar-refractivity contribution in [3.63, 3.8) is 0 Å². The number of piperazine rings is 1. The van der Waals surface area contributed by atoms with Gasteiger partial charge in [0.1, 0.15) is 6.04 Å². The number of benzene rings is 1. The molecule has 0 aliphatic carbocycles. The molecule has 1 unspecified atom stereocenters. The lowest BCUT2D eigenvalue weighted by atomic mass is 10.0. The summed E-state index contributed by atoms with van der Waals surface area (Å²) in [6.45, 7) is 3.44. The van der Waals surface area contributed by atoms with Gasteiger partial charge in [-0.3, -0.25) is 0 Å². The minimum Gasteiger partial charge on any atom is -0.320 e. The van der Waals surface area contributed by atoms with Crippen molar-refractivity contribution in [1.82, 2.24) is 5.32 Å². The fourth-order valence-electron chi connectivity index (χ4n) is 2.21. The van der Waals surface area contributed by atoms with Crippen LogP contribution in [0.4, 0.5) is 0 Å². The minimum atomic E-state index is 0.602. The second-order valence-electron chi connectivity index (χ2n) is 4.63. The van der Waals surface area contributed by atoms with E-state index in [4.69, 9.17) is 0 Å². The van der Waals surface area contributed by atoms with E-state index in [1.165, 1.54) is 12.1 Å². The van der Waals surface area contributed by atoms with Crippen LogP contribution in [0.2, 0.25) is 0 Å². The van der Waals surface area contributed by atoms with Crippen LogP contribution in [0.15, 0.2) is 30.3 Å². The fourth-order valence-corrected chi connectivity index (χ4v) is 2.21. The molecule has 0 amide bonds. The third kappa shape index (κ3) is 1.81. The summed E-state index contributed by atoms with van der Waals surface area (Å²) in [5.41, 5.74) is 1.45. The number of quaternary nitrogens is 1. The Morgan fingerprint density at radius 2 is 1.93 bits per heavy atom. The number of hydrogen-bond donors (Lipinski definition) is 1. The Balaban J connectivity index is 2.24. The monoisotopic (exact) mass is 191 g/mol. The average Bonchev–Trinajstić information content (AvgIpc) is 2.18. The van der Waals surface area contributed by atoms with Crippen LogP contribution >= 0.6 is 0 Å². The molecule has 1 aliphatic heterocycles. The van der Waals surface area contributed by atoms with Crippen molar-refractivity contribution >= 4 is 0 Å². The third-order valence-electron chi connectivity index (χ3n) is 3.23. The van der Waals surface area contributed by atoms with Gasteiger partial charge >= 0.3 is 0 Å². The zero-order chi connectivity index (χ0) is 10.0. The predicted molar refractivity (Wildman–Crippen MR) is 59.0 cm³/mol. The highest BCUT2D eigenvalue weighted by molar-refractivity contribution is 5.18. The topological polar surface area (TPSA) is 12.0 Å². The zero-order valence-electron chi connectivity index (χ0n) is 9.03. The van der Waals surface area contributed by atoms with Gasteiger partial charge in [0.05, 0.1) is 27.2 Å². The van der Waals surface area contributed by atoms with Gasteiger partial charge < -0.3 is 9.80 Å². The number of hydrogen-bond acceptors (Lipinski definition) is 1. The lowest BCUT2D eigenvalue weighted by Crippen LogP contribution is -2.55. The van der Waals surface area contributed by atoms with Gasteiger partial charge in [0.15, 0.2) is 0 Å². The van der Waals surface area contributed by atoms with E-state index in [1.54, 1.807) is 0 Å². The molecule has 0 bridgehead atoms. The minimum absolute atomic E-state index is 0.602. The number of nitrogens with zero attached hydrogens (tertiary/aromatic N) is 1. The van der Waals surface area contributed by atoms with E-state index >= 15 is 0 Å². The standard InChI is InChI=1S/C12H19N2/c1-14(2)9-8-13-10-12(14)11-6-4-3-5-7-11/h3-7,12-13H,8-10H2,1-2H3/q+1. The van der Waals surface area contributed by atoms with Crippen molar-refractivity contribution in [3.8, 4) is 0 Å². The summed E-state index contributed by atoms with van der Waals surface area (Å²) in [6.07, 6.45) is 0. The van der Waals surface area contributed by atoms with Gasteiger partial charge in [-0.1, -0.05) is 30.3 Å². The van der Waals surface area contributed by atoms with Crippen LogP contribution in [-0.4, -0.2) is 38.2 Å². The summed E-state index contributed by atoms with van der Waals surface area (Å²) in [7, 11) is 4.64. The van der Waals surface area contributed by atoms with E-state index in [2.05, 4.69) is 49.7 Å². The van der Waals surface area contributed by atoms with Gasteiger partial charge in [-0.15, -0.1) is 0 Å². The molecule has 1 aromatic carbocycles. The van der Waals surface area contributed by atoms with Gasteiger partial charge in [-0.25, -0.2) is 0 Å². The van der Waals surface area contributed by atoms with Crippen LogP contribution in [0.3, 0.4) is 0 Å². The highest BCUT2D eigenvalue weighted by Crippen LogP contribution is 2.25. The Morgan fingerprint density at radius 3 is 2.57 bits per heavy atom. The molecule has 2 rings (SSSR count). The maximum absolute atomic E-state index is 3.47. The first-order valence-electron chi connectivity index (χ1n) is 5.28. The van der Waals surface area contributed by atoms with E-state index in [0.29, 0.717) is 6.04 Å². The molecule has 1 aromatic rings. The number of nitrogens with one attached hydrogen (secondary N) is 1. The van der Waals surface area contributed by atoms with Crippen molar-refractivity contribution in [2.24, 2.45) is 0 Å². The highest BCUT2D eigenvalue weighted by Gasteiger charge is 2.32. The molecule has 1 aliphatic rings. The maximum atomic E-state index is 3.47. The van der Waals surface area contributed by atoms with E-state index in [-0.39, 0.29) is 0 Å². The molecule has 2 nitrogen and oxygen atoms in total. The quantitative estimate of drug-likeness (QED) is 0.662. The van der Waals surface area contributed by atoms with Crippen molar-refractivity contribution in [1.29, 1.82) is 0 Å². The number of likely N-dealkylation sites (N-methyl/N-ethyl adjacent to an activating group) is 1. The van der Waals surface area contributed by atoms with Crippen LogP contribution in [0.1, 0.15) is 11.6 Å². The first-order chi connectivity index (χ1) is 6.70. The molecule has 14 heavy (non-hydrogen) atoms. The fraction of sp³-hybridized carbons (Fsp3) is 0.500. The van der Waals surface area contributed by atoms with Gasteiger partial charge in [0.2, 0.25) is 0 Å². The maximum Gasteiger partial charge on any atom is 0.127 e. The molecule has 0 spiro atoms. The van der Waals surface area contributed by atoms with Gasteiger partial charge in [-0.2, -0.15) is 0 Å². The van der Waals surface area contributed by atoms with Crippen LogP contribution in [0, 0.1) is 0 Å². The largest absolute Gasteiger partial charge is 0.320 e. The first-order valence-corrected chi connectivity index (χ1v) is 5.28. The van der Waals surface area contributed by atoms with E-state index in [1.807, 2.05) is 0 Å². The summed E-state index contributed by atoms with van der Waals surface area (Å²) >= 11 is 0. The zero-order valence-corrected chi connectivity index (χ0v) is 9.03. The van der Waals surface area contributed by atoms with E-state index < -0.39 is 0 Å². The summed E-state index contributed by atoms with van der Waals surface area (Å²) < 4.78 is 1.09. The van der Waals surface area contributed by atoms with Crippen LogP contribution in [0.25, 0.3) is 0 Å². The summed E-state index contributed by atoms with van der Waals surface area (Å²) in [5.74, 6) is 0. The molecule has 2 heteroatoms. The molecular weight excluding hydrogens is 172 g/mol. The predicted octanol–water partition coefficient (Wildman–Crippen LogP) is 1.41. The Labute approximate surface area is 86.1 Å². The molecule has 0 radical (unpaired) electrons. The molecule has 0 saturated carbocycles. The van der Waals surface area contributed by atoms with Gasteiger partial charge in [0, 0.05) is 12.1 Å². The smallest absolute Gasteiger partial charge is 0.127 e. The van der Waals surface area contributed by atoms with E-state index in [0.717, 1.165) is 17.6 Å². The van der Waals surface area contributed by atoms with Crippen LogP contribution in [-0.2, 0) is 0 Å². The molecule has 1 heterocycles. The van der Waals surface area contributed by atoms with Crippen molar-refractivity contribution in [3.05, 3.63) is 35.9 Å². The normalized spacial score (nSPS) is 26.0. The van der Waals surface area contributed by atoms with Crippen molar-refractivity contribution < 1.29 is 4.48 Å². The van der Waals surface area contributed by atoms with Crippen LogP contribution < -0.4 is 5.32 Å². The van der Waals surface area contributed by atoms with Crippen molar-refractivity contribution in [2.75, 3.05) is 33.7 Å². The summed E-state index contributed by atoms with van der Waals surface area (Å²) in [6, 6.07) is 11.4. The second kappa shape index (κ2) is 3.71. The van der Waals surface area contributed by atoms with Crippen molar-refractivity contribution in [2.45, 2.75) is 6.04 Å². The van der Waals surface area contributed by atoms with E-state index in [9.17, 15) is 0 Å². The molecule has 1 N–H and O–H groups in total. The van der Waals surface area contributed by atoms with Gasteiger partial charge in [-0.05, 0) is 0 Å². The van der Waals surface area contributed by atoms with Crippen LogP contribution in [0.5, 0.6) is 0 Å². The second-order valence-corrected chi connectivity index (χ2v) is 4.63. The Morgan fingerprint density at radius 1 is 1.21 bits per heavy atom. The third-order valence-corrected chi connectivity index (χ3v) is 3.23. The highest BCUT2D eigenvalue weighted by atomic mass is 15.4. The molecule has 0 aromatic heterocycles. The Hall–Kier alpha value is -0.860. The SMILES string of the molecule is C[N+]1(C)CCNCC1c1ccccc1. The number of rotatable bonds is 1. The average molecular weight is 191 g/mol. The summed E-state index contributed by atoms with van der Waals surface area (Å²) in [4.78, 5) is 0. The van der Waals surface area contributed by atoms with Gasteiger partial charge in [0.25, 0.3) is 0 Å². The molecule has 1 fully saturated rings. The molecular formula is C12H19N2+. The Bertz CT molecular complexity index is 292. The lowest BCUT2D eigenvalue weighted by molar-refractivity contribution is -0.923. The molecule has 76 valence electrons. The molecule has 1 atom stereocenters. The Kier molecular flexibility index (Phi) is 2.57. The lowest BCUT2D eigenvalue weighted by Gasteiger charge is -2.42.